The summed E-state index contributed by atoms with van der Waals surface area (Å²) in [6, 6.07) is 5.40. The normalized spacial score (nSPS) is 14.0. The SMILES string of the molecule is CC(C)(CN)CC(N)c1ccc2oc(=O)[nH]c2c1. The van der Waals surface area contributed by atoms with Gasteiger partial charge in [0.25, 0.3) is 0 Å². The summed E-state index contributed by atoms with van der Waals surface area (Å²) >= 11 is 0. The molecule has 5 heteroatoms. The second-order valence-electron chi connectivity index (χ2n) is 5.45. The van der Waals surface area contributed by atoms with Crippen LogP contribution in [-0.4, -0.2) is 11.5 Å². The molecule has 1 atom stereocenters. The van der Waals surface area contributed by atoms with E-state index in [0.29, 0.717) is 17.6 Å². The van der Waals surface area contributed by atoms with Crippen molar-refractivity contribution in [3.8, 4) is 0 Å². The van der Waals surface area contributed by atoms with Gasteiger partial charge in [0.15, 0.2) is 5.58 Å². The van der Waals surface area contributed by atoms with Gasteiger partial charge < -0.3 is 15.9 Å². The number of fused-ring (bicyclic) bond motifs is 1. The quantitative estimate of drug-likeness (QED) is 0.764. The third-order valence-corrected chi connectivity index (χ3v) is 3.20. The minimum Gasteiger partial charge on any atom is -0.408 e. The number of H-pyrrole nitrogens is 1. The van der Waals surface area contributed by atoms with Gasteiger partial charge in [0.1, 0.15) is 0 Å². The van der Waals surface area contributed by atoms with Gasteiger partial charge in [-0.05, 0) is 36.1 Å². The maximum Gasteiger partial charge on any atom is 0.417 e. The number of nitrogens with one attached hydrogen (secondary N) is 1. The molecular weight excluding hydrogens is 230 g/mol. The van der Waals surface area contributed by atoms with Gasteiger partial charge in [0.2, 0.25) is 0 Å². The number of aromatic amines is 1. The Labute approximate surface area is 105 Å². The average Bonchev–Trinajstić information content (AvgIpc) is 2.67. The zero-order valence-corrected chi connectivity index (χ0v) is 10.7. The predicted octanol–water partition coefficient (Wildman–Crippen LogP) is 1.50. The van der Waals surface area contributed by atoms with Crippen LogP contribution in [0.3, 0.4) is 0 Å². The van der Waals surface area contributed by atoms with E-state index in [2.05, 4.69) is 18.8 Å². The molecule has 0 spiro atoms. The lowest BCUT2D eigenvalue weighted by Gasteiger charge is -2.26. The summed E-state index contributed by atoms with van der Waals surface area (Å²) in [5.41, 5.74) is 14.1. The lowest BCUT2D eigenvalue weighted by Crippen LogP contribution is -2.28. The number of oxazole rings is 1. The van der Waals surface area contributed by atoms with Crippen molar-refractivity contribution in [2.45, 2.75) is 26.3 Å². The van der Waals surface area contributed by atoms with Crippen LogP contribution in [0.25, 0.3) is 11.1 Å². The summed E-state index contributed by atoms with van der Waals surface area (Å²) in [5.74, 6) is -0.446. The summed E-state index contributed by atoms with van der Waals surface area (Å²) < 4.78 is 4.95. The summed E-state index contributed by atoms with van der Waals surface area (Å²) in [4.78, 5) is 13.7. The van der Waals surface area contributed by atoms with Gasteiger partial charge in [-0.3, -0.25) is 4.98 Å². The molecule has 5 N–H and O–H groups in total. The molecule has 0 aliphatic rings. The number of nitrogens with two attached hydrogens (primary N) is 2. The van der Waals surface area contributed by atoms with Crippen LogP contribution in [0.5, 0.6) is 0 Å². The molecule has 1 heterocycles. The van der Waals surface area contributed by atoms with Gasteiger partial charge >= 0.3 is 5.76 Å². The van der Waals surface area contributed by atoms with Crippen molar-refractivity contribution in [1.29, 1.82) is 0 Å². The molecule has 0 saturated heterocycles. The van der Waals surface area contributed by atoms with Crippen molar-refractivity contribution in [2.75, 3.05) is 6.54 Å². The number of hydrogen-bond acceptors (Lipinski definition) is 4. The molecule has 0 saturated carbocycles. The molecular formula is C13H19N3O2. The fourth-order valence-corrected chi connectivity index (χ4v) is 2.00. The van der Waals surface area contributed by atoms with Crippen molar-refractivity contribution in [3.63, 3.8) is 0 Å². The number of hydrogen-bond donors (Lipinski definition) is 3. The molecule has 0 bridgehead atoms. The summed E-state index contributed by atoms with van der Waals surface area (Å²) in [6.07, 6.45) is 0.789. The van der Waals surface area contributed by atoms with Gasteiger partial charge in [0, 0.05) is 6.04 Å². The molecule has 5 nitrogen and oxygen atoms in total. The Morgan fingerprint density at radius 2 is 2.17 bits per heavy atom. The first-order chi connectivity index (χ1) is 8.41. The lowest BCUT2D eigenvalue weighted by molar-refractivity contribution is 0.317. The van der Waals surface area contributed by atoms with Gasteiger partial charge in [-0.2, -0.15) is 0 Å². The Bertz CT molecular complexity index is 598. The van der Waals surface area contributed by atoms with E-state index in [9.17, 15) is 4.79 Å². The van der Waals surface area contributed by atoms with Crippen LogP contribution in [0.1, 0.15) is 31.9 Å². The monoisotopic (exact) mass is 249 g/mol. The third-order valence-electron chi connectivity index (χ3n) is 3.20. The Hall–Kier alpha value is -1.59. The van der Waals surface area contributed by atoms with E-state index >= 15 is 0 Å². The van der Waals surface area contributed by atoms with E-state index in [0.717, 1.165) is 12.0 Å². The van der Waals surface area contributed by atoms with Crippen LogP contribution in [0.15, 0.2) is 27.4 Å². The standard InChI is InChI=1S/C13H19N3O2/c1-13(2,7-14)6-9(15)8-3-4-11-10(5-8)16-12(17)18-11/h3-5,9H,6-7,14-15H2,1-2H3,(H,16,17). The molecule has 0 aliphatic carbocycles. The highest BCUT2D eigenvalue weighted by atomic mass is 16.4. The van der Waals surface area contributed by atoms with Crippen LogP contribution >= 0.6 is 0 Å². The van der Waals surface area contributed by atoms with Crippen LogP contribution in [-0.2, 0) is 0 Å². The number of benzene rings is 1. The molecule has 18 heavy (non-hydrogen) atoms. The lowest BCUT2D eigenvalue weighted by atomic mass is 9.84. The minimum absolute atomic E-state index is 0.00181. The van der Waals surface area contributed by atoms with Gasteiger partial charge in [-0.15, -0.1) is 0 Å². The molecule has 1 aromatic heterocycles. The number of aromatic nitrogens is 1. The van der Waals surface area contributed by atoms with Crippen LogP contribution in [0.4, 0.5) is 0 Å². The van der Waals surface area contributed by atoms with Crippen molar-refractivity contribution < 1.29 is 4.42 Å². The summed E-state index contributed by atoms with van der Waals surface area (Å²) in [6.45, 7) is 4.77. The first-order valence-electron chi connectivity index (χ1n) is 6.00. The zero-order chi connectivity index (χ0) is 13.3. The molecule has 0 fully saturated rings. The van der Waals surface area contributed by atoms with Gasteiger partial charge in [0.05, 0.1) is 5.52 Å². The summed E-state index contributed by atoms with van der Waals surface area (Å²) in [5, 5.41) is 0. The van der Waals surface area contributed by atoms with Gasteiger partial charge in [-0.1, -0.05) is 19.9 Å². The van der Waals surface area contributed by atoms with Crippen LogP contribution in [0.2, 0.25) is 0 Å². The molecule has 2 rings (SSSR count). The van der Waals surface area contributed by atoms with Crippen LogP contribution in [0, 0.1) is 5.41 Å². The second-order valence-corrected chi connectivity index (χ2v) is 5.45. The van der Waals surface area contributed by atoms with E-state index in [4.69, 9.17) is 15.9 Å². The highest BCUT2D eigenvalue weighted by molar-refractivity contribution is 5.72. The Kier molecular flexibility index (Phi) is 3.28. The predicted molar refractivity (Wildman–Crippen MR) is 71.2 cm³/mol. The highest BCUT2D eigenvalue weighted by Crippen LogP contribution is 2.28. The highest BCUT2D eigenvalue weighted by Gasteiger charge is 2.21. The zero-order valence-electron chi connectivity index (χ0n) is 10.7. The fraction of sp³-hybridized carbons (Fsp3) is 0.462. The molecule has 2 aromatic rings. The maximum absolute atomic E-state index is 11.1. The molecule has 0 aliphatic heterocycles. The fourth-order valence-electron chi connectivity index (χ4n) is 2.00. The van der Waals surface area contributed by atoms with Crippen LogP contribution < -0.4 is 17.2 Å². The Morgan fingerprint density at radius 1 is 1.44 bits per heavy atom. The van der Waals surface area contributed by atoms with Crippen molar-refractivity contribution >= 4 is 11.1 Å². The molecule has 0 amide bonds. The van der Waals surface area contributed by atoms with E-state index in [1.807, 2.05) is 12.1 Å². The van der Waals surface area contributed by atoms with E-state index in [1.165, 1.54) is 0 Å². The van der Waals surface area contributed by atoms with Gasteiger partial charge in [-0.25, -0.2) is 4.79 Å². The van der Waals surface area contributed by atoms with E-state index in [1.54, 1.807) is 6.07 Å². The smallest absolute Gasteiger partial charge is 0.408 e. The molecule has 98 valence electrons. The van der Waals surface area contributed by atoms with Crippen molar-refractivity contribution in [3.05, 3.63) is 34.3 Å². The molecule has 1 aromatic carbocycles. The van der Waals surface area contributed by atoms with Crippen molar-refractivity contribution in [1.82, 2.24) is 4.98 Å². The number of rotatable bonds is 4. The average molecular weight is 249 g/mol. The first kappa shape index (κ1) is 12.9. The Balaban J connectivity index is 2.27. The summed E-state index contributed by atoms with van der Waals surface area (Å²) in [7, 11) is 0. The topological polar surface area (TPSA) is 98.0 Å². The third kappa shape index (κ3) is 2.63. The molecule has 1 unspecified atom stereocenters. The molecule has 0 radical (unpaired) electrons. The van der Waals surface area contributed by atoms with Crippen molar-refractivity contribution in [2.24, 2.45) is 16.9 Å². The minimum atomic E-state index is -0.446. The largest absolute Gasteiger partial charge is 0.417 e. The second kappa shape index (κ2) is 4.59. The first-order valence-corrected chi connectivity index (χ1v) is 6.00. The maximum atomic E-state index is 11.1. The Morgan fingerprint density at radius 3 is 2.83 bits per heavy atom. The van der Waals surface area contributed by atoms with E-state index < -0.39 is 5.76 Å². The van der Waals surface area contributed by atoms with E-state index in [-0.39, 0.29) is 11.5 Å².